The second-order valence-corrected chi connectivity index (χ2v) is 38.0. The topological polar surface area (TPSA) is 723 Å². The lowest BCUT2D eigenvalue weighted by molar-refractivity contribution is -0.148. The number of amides is 14. The van der Waals surface area contributed by atoms with Crippen molar-refractivity contribution in [2.24, 2.45) is 21.5 Å². The maximum Gasteiger partial charge on any atom is 0.317 e. The van der Waals surface area contributed by atoms with Crippen LogP contribution in [0, 0.1) is 5.41 Å². The third-order valence-corrected chi connectivity index (χ3v) is 26.1. The number of tetrazole rings is 1. The molecule has 5 aliphatic rings. The number of hydrogen-bond acceptors (Lipinski definition) is 28. The first-order valence-corrected chi connectivity index (χ1v) is 51.9. The van der Waals surface area contributed by atoms with E-state index in [9.17, 15) is 77.6 Å². The van der Waals surface area contributed by atoms with Crippen molar-refractivity contribution in [3.05, 3.63) is 65.4 Å². The summed E-state index contributed by atoms with van der Waals surface area (Å²) >= 11 is 0. The number of likely N-dealkylation sites (tertiary alicyclic amines) is 2. The van der Waals surface area contributed by atoms with Gasteiger partial charge in [0.2, 0.25) is 82.7 Å². The molecule has 49 heteroatoms. The lowest BCUT2D eigenvalue weighted by Gasteiger charge is -2.33. The van der Waals surface area contributed by atoms with Crippen LogP contribution in [0.3, 0.4) is 0 Å². The van der Waals surface area contributed by atoms with E-state index in [1.165, 1.54) is 73.0 Å². The van der Waals surface area contributed by atoms with Crippen molar-refractivity contribution in [1.82, 2.24) is 109 Å². The molecule has 49 nitrogen and oxygen atoms in total. The van der Waals surface area contributed by atoms with Crippen LogP contribution in [-0.2, 0) is 109 Å². The molecule has 5 aliphatic heterocycles. The molecule has 0 saturated carbocycles. The molecule has 14 amide bonds. The summed E-state index contributed by atoms with van der Waals surface area (Å²) in [6, 6.07) is -8.09. The van der Waals surface area contributed by atoms with Crippen molar-refractivity contribution in [3.63, 3.8) is 0 Å². The van der Waals surface area contributed by atoms with Gasteiger partial charge in [0.05, 0.1) is 45.5 Å². The molecule has 0 aliphatic carbocycles. The zero-order valence-corrected chi connectivity index (χ0v) is 84.8. The number of aliphatic imine (C=N–C) groups is 2. The van der Waals surface area contributed by atoms with Gasteiger partial charge in [-0.25, -0.2) is 5.10 Å². The fraction of sp³-hybridized carbons (Fsp3) is 0.657. The monoisotopic (exact) mass is 2070 g/mol. The molecule has 0 unspecified atom stereocenters. The van der Waals surface area contributed by atoms with Gasteiger partial charge in [-0.1, -0.05) is 114 Å². The van der Waals surface area contributed by atoms with Gasteiger partial charge in [-0.05, 0) is 131 Å². The Hall–Kier alpha value is -13.6. The number of aliphatic carboxylic acids is 3. The number of unbranched alkanes of at least 4 members (excludes halogenated alkanes) is 14. The van der Waals surface area contributed by atoms with Crippen molar-refractivity contribution in [2.45, 2.75) is 324 Å². The lowest BCUT2D eigenvalue weighted by Crippen LogP contribution is -2.60. The fourth-order valence-electron chi connectivity index (χ4n) is 18.4. The van der Waals surface area contributed by atoms with Crippen LogP contribution >= 0.6 is 0 Å². The summed E-state index contributed by atoms with van der Waals surface area (Å²) in [6.07, 6.45) is 24.6. The van der Waals surface area contributed by atoms with Crippen LogP contribution < -0.4 is 80.6 Å². The standard InChI is InChI=1S/C99H152N26O23/c1-64(126)111-73-35-17-15-31-69(127)57-79(118-94(142)76(54-65-58-108-71-33-18-16-32-70(65)71)115-93(141)74(36-25-46-107-99(101)102)113-84(129)60-110-90(138)77(116-92(73)140)55-66-29-23-44-103-66)97(145)125-50-27-38-81(125)98(146)124-49-26-37-80(124)96(144)117-78(56-67-30-24-45-104-67)95(143)114-75(41-42-86(131)132)91(139)112-68(28-20-22-48-123(61-87(133)134)62-88(135)136)59-109-72(89(100)137)34-19-21-43-105-85(130)63-148-53-52-147-51-47-106-83(128)40-14-12-10-8-6-4-2-3-5-7-9-11-13-39-82-119-121-122-120-82/h16,18,29-30,32-33,44-45,58,68,72-81,108-109H,2-15,17,19-28,31,34-43,46-57,59-63H2,1H3,(H2,100,137)(H,105,130)(H,106,128)(H,110,138)(H,111,126)(H,112,139)(H,113,129)(H,114,143)(H,115,141)(H,116,140)(H,117,144)(H,118,142)(H,131,132)(H,133,134)(H,135,136)(H4,101,102,107)(H,119,120,121,122)/t68-,72-,73-,74-,75-,76-,77-,78-,79-,80-,81-/m0/s1. The number of guanidine groups is 1. The van der Waals surface area contributed by atoms with E-state index in [0.29, 0.717) is 66.5 Å². The van der Waals surface area contributed by atoms with E-state index < -0.39 is 206 Å². The first kappa shape index (κ1) is 120. The predicted octanol–water partition coefficient (Wildman–Crippen LogP) is 0.603. The zero-order chi connectivity index (χ0) is 107. The zero-order valence-electron chi connectivity index (χ0n) is 84.8. The quantitative estimate of drug-likeness (QED) is 0.0209. The van der Waals surface area contributed by atoms with Crippen LogP contribution in [-0.4, -0.2) is 339 Å². The number of para-hydroxylation sites is 1. The van der Waals surface area contributed by atoms with Gasteiger partial charge in [0.15, 0.2) is 5.96 Å². The van der Waals surface area contributed by atoms with E-state index in [1.54, 1.807) is 55.0 Å². The molecule has 8 rings (SSSR count). The molecule has 2 aromatic heterocycles. The summed E-state index contributed by atoms with van der Waals surface area (Å²) in [4.78, 5) is 265. The Kier molecular flexibility index (Phi) is 53.8. The number of Topliss-reactive ketones (excluding diaryl/α,β-unsaturated/α-hetero) is 1. The molecule has 3 saturated heterocycles. The first-order chi connectivity index (χ1) is 71.3. The molecule has 1 aromatic carbocycles. The number of carbonyl (C=O) groups excluding carboxylic acids is 15. The predicted molar refractivity (Wildman–Crippen MR) is 542 cm³/mol. The largest absolute Gasteiger partial charge is 0.481 e. The molecule has 7 heterocycles. The number of ketones is 1. The number of benzene rings is 1. The molecule has 3 fully saturated rings. The highest BCUT2D eigenvalue weighted by atomic mass is 16.5. The van der Waals surface area contributed by atoms with Gasteiger partial charge in [0.25, 0.3) is 0 Å². The number of aryl methyl sites for hydroxylation is 1. The van der Waals surface area contributed by atoms with Crippen LogP contribution in [0.15, 0.2) is 64.0 Å². The molecule has 0 spiro atoms. The van der Waals surface area contributed by atoms with Crippen molar-refractivity contribution in [3.8, 4) is 0 Å². The van der Waals surface area contributed by atoms with Crippen molar-refractivity contribution in [2.75, 3.05) is 91.9 Å². The molecule has 816 valence electrons. The third kappa shape index (κ3) is 45.4. The maximum absolute atomic E-state index is 15.7. The van der Waals surface area contributed by atoms with Gasteiger partial charge in [0, 0.05) is 157 Å². The van der Waals surface area contributed by atoms with E-state index in [2.05, 4.69) is 105 Å². The van der Waals surface area contributed by atoms with Gasteiger partial charge in [-0.2, -0.15) is 0 Å². The number of aromatic nitrogens is 5. The number of aromatic amines is 2. The normalized spacial score (nSPS) is 19.4. The Labute approximate surface area is 860 Å². The first-order valence-electron chi connectivity index (χ1n) is 51.9. The third-order valence-electron chi connectivity index (χ3n) is 26.1. The Morgan fingerprint density at radius 2 is 1.22 bits per heavy atom. The Morgan fingerprint density at radius 3 is 1.89 bits per heavy atom. The minimum absolute atomic E-state index is 0.00638. The second kappa shape index (κ2) is 66.6. The van der Waals surface area contributed by atoms with Crippen LogP contribution in [0.25, 0.3) is 10.9 Å². The number of hydrogen-bond donors (Lipinski definition) is 21. The Balaban J connectivity index is 0.889. The number of nitrogens with zero attached hydrogens (tertiary/aromatic N) is 8. The molecular weight excluding hydrogens is 1920 g/mol. The van der Waals surface area contributed by atoms with E-state index in [4.69, 9.17) is 26.4 Å². The number of carbonyl (C=O) groups is 18. The average Bonchev–Trinajstić information content (AvgIpc) is 1.65. The average molecular weight is 2070 g/mol. The Bertz CT molecular complexity index is 4990. The number of carboxylic acids is 3. The number of fused-ring (bicyclic) bond motifs is 1. The molecule has 0 radical (unpaired) electrons. The number of primary amides is 1. The summed E-state index contributed by atoms with van der Waals surface area (Å²) in [5.41, 5.74) is 13.4. The van der Waals surface area contributed by atoms with Crippen molar-refractivity contribution in [1.29, 1.82) is 5.41 Å². The summed E-state index contributed by atoms with van der Waals surface area (Å²) < 4.78 is 11.1. The minimum Gasteiger partial charge on any atom is -0.481 e. The minimum atomic E-state index is -1.75. The number of carboxylic acid groups (broad SMARTS) is 3. The SMILES string of the molecule is CC(=O)N[C@H]1CCCCC(=O)C[C@@H](C(=O)N2CCC[C@H]2C(=O)N2CCC[C@H]2C(=O)N[C@@H](CC2=CCC=N2)C(=O)N[C@@H](CCC(=O)O)C(=O)N[C@@H](CCCCN(CC(=O)O)CC(=O)O)CN[C@@H](CCCCNC(=O)COCCOCCNC(=O)CCCCCCCCCCCCCCCc2nnn[nH]2)C(N)=O)NC(=O)[C@H](Cc2c[nH]c3ccccc23)NC(=O)[C@H](CCCNC(=N)N)NC(=O)CNC(=O)[C@H](CC2=CCC=N2)NC1=O. The van der Waals surface area contributed by atoms with Crippen molar-refractivity contribution >= 4 is 136 Å². The van der Waals surface area contributed by atoms with E-state index >= 15 is 24.0 Å². The summed E-state index contributed by atoms with van der Waals surface area (Å²) in [5, 5.41) is 87.0. The van der Waals surface area contributed by atoms with E-state index in [1.807, 2.05) is 0 Å². The number of ether oxygens (including phenoxy) is 2. The number of H-pyrrole nitrogens is 2. The number of allylic oxidation sites excluding steroid dienone is 2. The van der Waals surface area contributed by atoms with Gasteiger partial charge < -0.3 is 120 Å². The van der Waals surface area contributed by atoms with Crippen LogP contribution in [0.4, 0.5) is 0 Å². The molecular formula is C99H152N26O23. The van der Waals surface area contributed by atoms with Crippen LogP contribution in [0.1, 0.15) is 256 Å². The van der Waals surface area contributed by atoms with Gasteiger partial charge >= 0.3 is 17.9 Å². The van der Waals surface area contributed by atoms with E-state index in [0.717, 1.165) is 44.3 Å². The van der Waals surface area contributed by atoms with Crippen LogP contribution in [0.5, 0.6) is 0 Å². The molecule has 0 bridgehead atoms. The number of nitrogens with two attached hydrogens (primary N) is 2. The highest BCUT2D eigenvalue weighted by Gasteiger charge is 2.46. The summed E-state index contributed by atoms with van der Waals surface area (Å²) in [7, 11) is 0. The summed E-state index contributed by atoms with van der Waals surface area (Å²) in [5.74, 6) is -14.6. The molecule has 23 N–H and O–H groups in total. The molecule has 3 aromatic rings. The summed E-state index contributed by atoms with van der Waals surface area (Å²) in [6.45, 7) is -0.169. The maximum atomic E-state index is 15.7. The fourth-order valence-corrected chi connectivity index (χ4v) is 18.4. The van der Waals surface area contributed by atoms with E-state index in [-0.39, 0.29) is 187 Å². The number of rotatable bonds is 64. The highest BCUT2D eigenvalue weighted by Crippen LogP contribution is 2.29. The number of nitrogens with one attached hydrogen (secondary N) is 16. The van der Waals surface area contributed by atoms with Crippen molar-refractivity contribution < 1.29 is 111 Å². The lowest BCUT2D eigenvalue weighted by atomic mass is 9.99. The molecule has 148 heavy (non-hydrogen) atoms. The Morgan fingerprint density at radius 1 is 0.581 bits per heavy atom. The van der Waals surface area contributed by atoms with Gasteiger partial charge in [-0.15, -0.1) is 5.10 Å². The van der Waals surface area contributed by atoms with Gasteiger partial charge in [0.1, 0.15) is 72.6 Å². The molecule has 11 atom stereocenters. The second-order valence-electron chi connectivity index (χ2n) is 38.0. The van der Waals surface area contributed by atoms with Gasteiger partial charge in [-0.3, -0.25) is 107 Å². The highest BCUT2D eigenvalue weighted by molar-refractivity contribution is 6.01. The smallest absolute Gasteiger partial charge is 0.317 e. The van der Waals surface area contributed by atoms with Crippen LogP contribution in [0.2, 0.25) is 0 Å².